The minimum atomic E-state index is -0.609. The maximum absolute atomic E-state index is 12.4. The summed E-state index contributed by atoms with van der Waals surface area (Å²) < 4.78 is 0. The van der Waals surface area contributed by atoms with Crippen LogP contribution in [-0.4, -0.2) is 44.8 Å². The van der Waals surface area contributed by atoms with Crippen molar-refractivity contribution in [3.63, 3.8) is 0 Å². The molecule has 102 valence electrons. The van der Waals surface area contributed by atoms with E-state index in [4.69, 9.17) is 5.73 Å². The van der Waals surface area contributed by atoms with Gasteiger partial charge in [0.15, 0.2) is 0 Å². The summed E-state index contributed by atoms with van der Waals surface area (Å²) in [7, 11) is 0. The molecule has 0 aromatic carbocycles. The lowest BCUT2D eigenvalue weighted by Gasteiger charge is -2.30. The van der Waals surface area contributed by atoms with Crippen LogP contribution in [0.1, 0.15) is 17.3 Å². The highest BCUT2D eigenvalue weighted by Gasteiger charge is 2.28. The summed E-state index contributed by atoms with van der Waals surface area (Å²) in [6, 6.07) is 1.27. The first kappa shape index (κ1) is 13.6. The zero-order valence-corrected chi connectivity index (χ0v) is 11.2. The summed E-state index contributed by atoms with van der Waals surface area (Å²) >= 11 is 1.78. The number of hydrogen-bond acceptors (Lipinski definition) is 6. The van der Waals surface area contributed by atoms with Crippen LogP contribution in [0.5, 0.6) is 0 Å². The minimum absolute atomic E-state index is 0.0107. The number of hydrogen-bond donors (Lipinski definition) is 1. The van der Waals surface area contributed by atoms with E-state index < -0.39 is 4.92 Å². The number of nitrogens with two attached hydrogens (primary N) is 1. The van der Waals surface area contributed by atoms with Crippen molar-refractivity contribution in [2.45, 2.75) is 12.2 Å². The predicted octanol–water partition coefficient (Wildman–Crippen LogP) is 1.15. The zero-order valence-electron chi connectivity index (χ0n) is 10.4. The van der Waals surface area contributed by atoms with Gasteiger partial charge in [0.25, 0.3) is 11.6 Å². The number of anilines is 1. The van der Waals surface area contributed by atoms with Gasteiger partial charge in [0.1, 0.15) is 17.6 Å². The van der Waals surface area contributed by atoms with Crippen molar-refractivity contribution in [2.24, 2.45) is 0 Å². The fraction of sp³-hybridized carbons (Fsp3) is 0.455. The van der Waals surface area contributed by atoms with Crippen LogP contribution in [0, 0.1) is 10.1 Å². The van der Waals surface area contributed by atoms with Gasteiger partial charge in [-0.1, -0.05) is 6.92 Å². The Kier molecular flexibility index (Phi) is 3.89. The van der Waals surface area contributed by atoms with Gasteiger partial charge in [-0.3, -0.25) is 14.9 Å². The zero-order chi connectivity index (χ0) is 14.0. The third kappa shape index (κ3) is 2.95. The van der Waals surface area contributed by atoms with E-state index in [-0.39, 0.29) is 23.0 Å². The Balaban J connectivity index is 2.32. The predicted molar refractivity (Wildman–Crippen MR) is 73.1 cm³/mol. The van der Waals surface area contributed by atoms with Crippen LogP contribution in [0.3, 0.4) is 0 Å². The van der Waals surface area contributed by atoms with Gasteiger partial charge in [0.2, 0.25) is 0 Å². The Bertz CT molecular complexity index is 523. The molecule has 1 saturated heterocycles. The lowest BCUT2D eigenvalue weighted by atomic mass is 10.2. The van der Waals surface area contributed by atoms with Gasteiger partial charge < -0.3 is 10.6 Å². The summed E-state index contributed by atoms with van der Waals surface area (Å²) in [5, 5.41) is 11.3. The Hall–Kier alpha value is -1.83. The molecule has 8 heteroatoms. The molecule has 0 radical (unpaired) electrons. The second kappa shape index (κ2) is 5.43. The Morgan fingerprint density at radius 3 is 3.05 bits per heavy atom. The fourth-order valence-corrected chi connectivity index (χ4v) is 2.97. The topological polar surface area (TPSA) is 102 Å². The molecule has 2 rings (SSSR count). The average molecular weight is 282 g/mol. The molecule has 1 fully saturated rings. The minimum Gasteiger partial charge on any atom is -0.384 e. The molecule has 2 heterocycles. The van der Waals surface area contributed by atoms with Crippen LogP contribution in [0.4, 0.5) is 11.5 Å². The summed E-state index contributed by atoms with van der Waals surface area (Å²) in [5.41, 5.74) is 5.22. The van der Waals surface area contributed by atoms with Gasteiger partial charge in [-0.05, 0) is 6.07 Å². The summed E-state index contributed by atoms with van der Waals surface area (Å²) in [6.07, 6.45) is 1.03. The van der Waals surface area contributed by atoms with Crippen LogP contribution >= 0.6 is 11.8 Å². The maximum Gasteiger partial charge on any atom is 0.300 e. The van der Waals surface area contributed by atoms with Crippen molar-refractivity contribution in [3.8, 4) is 0 Å². The number of pyridine rings is 1. The number of rotatable bonds is 2. The second-order valence-electron chi connectivity index (χ2n) is 4.32. The molecule has 7 nitrogen and oxygen atoms in total. The third-order valence-corrected chi connectivity index (χ3v) is 4.00. The van der Waals surface area contributed by atoms with Crippen LogP contribution in [0.25, 0.3) is 0 Å². The van der Waals surface area contributed by atoms with Crippen molar-refractivity contribution < 1.29 is 9.72 Å². The van der Waals surface area contributed by atoms with E-state index in [1.54, 1.807) is 16.7 Å². The van der Waals surface area contributed by atoms with E-state index in [2.05, 4.69) is 4.98 Å². The molecule has 1 unspecified atom stereocenters. The average Bonchev–Trinajstić information content (AvgIpc) is 2.37. The Morgan fingerprint density at radius 1 is 1.68 bits per heavy atom. The largest absolute Gasteiger partial charge is 0.384 e. The van der Waals surface area contributed by atoms with Crippen molar-refractivity contribution >= 4 is 29.2 Å². The molecule has 0 saturated carbocycles. The van der Waals surface area contributed by atoms with Crippen LogP contribution in [0.15, 0.2) is 12.3 Å². The number of carbonyl (C=O) groups excluding carboxylic acids is 1. The highest BCUT2D eigenvalue weighted by molar-refractivity contribution is 7.99. The SMILES string of the molecule is CC1CN(C(=O)c2cc(N)ncc2[N+](=O)[O-])CCS1. The van der Waals surface area contributed by atoms with Crippen LogP contribution in [0.2, 0.25) is 0 Å². The highest BCUT2D eigenvalue weighted by Crippen LogP contribution is 2.24. The second-order valence-corrected chi connectivity index (χ2v) is 5.86. The van der Waals surface area contributed by atoms with E-state index in [0.29, 0.717) is 18.3 Å². The van der Waals surface area contributed by atoms with Crippen molar-refractivity contribution in [2.75, 3.05) is 24.6 Å². The molecule has 1 atom stereocenters. The van der Waals surface area contributed by atoms with E-state index in [1.165, 1.54) is 6.07 Å². The maximum atomic E-state index is 12.4. The first-order chi connectivity index (χ1) is 8.99. The number of amides is 1. The van der Waals surface area contributed by atoms with E-state index >= 15 is 0 Å². The number of nitrogens with zero attached hydrogens (tertiary/aromatic N) is 3. The number of nitrogen functional groups attached to an aromatic ring is 1. The van der Waals surface area contributed by atoms with Crippen LogP contribution in [-0.2, 0) is 0 Å². The van der Waals surface area contributed by atoms with Crippen molar-refractivity contribution in [1.29, 1.82) is 0 Å². The van der Waals surface area contributed by atoms with Gasteiger partial charge in [-0.15, -0.1) is 0 Å². The normalized spacial score (nSPS) is 19.2. The molecule has 19 heavy (non-hydrogen) atoms. The molecule has 1 aliphatic rings. The van der Waals surface area contributed by atoms with Gasteiger partial charge in [-0.25, -0.2) is 4.98 Å². The monoisotopic (exact) mass is 282 g/mol. The van der Waals surface area contributed by atoms with Gasteiger partial charge in [0, 0.05) is 24.1 Å². The highest BCUT2D eigenvalue weighted by atomic mass is 32.2. The summed E-state index contributed by atoms with van der Waals surface area (Å²) in [4.78, 5) is 28.0. The molecular formula is C11H14N4O3S. The lowest BCUT2D eigenvalue weighted by molar-refractivity contribution is -0.385. The van der Waals surface area contributed by atoms with Crippen molar-refractivity contribution in [1.82, 2.24) is 9.88 Å². The lowest BCUT2D eigenvalue weighted by Crippen LogP contribution is -2.41. The summed E-state index contributed by atoms with van der Waals surface area (Å²) in [5.74, 6) is 0.586. The van der Waals surface area contributed by atoms with E-state index in [1.807, 2.05) is 6.92 Å². The molecule has 0 aliphatic carbocycles. The number of carbonyl (C=O) groups is 1. The first-order valence-electron chi connectivity index (χ1n) is 5.80. The van der Waals surface area contributed by atoms with E-state index in [0.717, 1.165) is 11.9 Å². The Labute approximate surface area is 114 Å². The molecular weight excluding hydrogens is 268 g/mol. The molecule has 0 bridgehead atoms. The molecule has 1 aliphatic heterocycles. The number of aromatic nitrogens is 1. The number of thioether (sulfide) groups is 1. The van der Waals surface area contributed by atoms with E-state index in [9.17, 15) is 14.9 Å². The first-order valence-corrected chi connectivity index (χ1v) is 6.84. The third-order valence-electron chi connectivity index (χ3n) is 2.86. The van der Waals surface area contributed by atoms with Gasteiger partial charge >= 0.3 is 0 Å². The Morgan fingerprint density at radius 2 is 2.42 bits per heavy atom. The van der Waals surface area contributed by atoms with Gasteiger partial charge in [0.05, 0.1) is 4.92 Å². The molecule has 1 aromatic rings. The quantitative estimate of drug-likeness (QED) is 0.644. The number of nitro groups is 1. The molecule has 1 amide bonds. The standard InChI is InChI=1S/C11H14N4O3S/c1-7-6-14(2-3-19-7)11(16)8-4-10(12)13-5-9(8)15(17)18/h4-5,7H,2-3,6H2,1H3,(H2,12,13). The molecule has 0 spiro atoms. The van der Waals surface area contributed by atoms with Crippen LogP contribution < -0.4 is 5.73 Å². The molecule has 2 N–H and O–H groups in total. The molecule has 1 aromatic heterocycles. The van der Waals surface area contributed by atoms with Gasteiger partial charge in [-0.2, -0.15) is 11.8 Å². The fourth-order valence-electron chi connectivity index (χ4n) is 1.95. The van der Waals surface area contributed by atoms with Crippen molar-refractivity contribution in [3.05, 3.63) is 27.9 Å². The smallest absolute Gasteiger partial charge is 0.300 e. The summed E-state index contributed by atoms with van der Waals surface area (Å²) in [6.45, 7) is 3.20.